The van der Waals surface area contributed by atoms with Crippen LogP contribution in [0.25, 0.3) is 0 Å². The highest BCUT2D eigenvalue weighted by Gasteiger charge is 2.33. The van der Waals surface area contributed by atoms with Crippen molar-refractivity contribution in [2.45, 2.75) is 40.5 Å². The van der Waals surface area contributed by atoms with Crippen molar-refractivity contribution in [1.82, 2.24) is 0 Å². The van der Waals surface area contributed by atoms with Crippen LogP contribution in [0.5, 0.6) is 0 Å². The molecule has 0 aromatic carbocycles. The number of aliphatic hydroxyl groups is 1. The van der Waals surface area contributed by atoms with Crippen LogP contribution >= 0.6 is 0 Å². The van der Waals surface area contributed by atoms with Crippen molar-refractivity contribution in [3.63, 3.8) is 0 Å². The predicted octanol–water partition coefficient (Wildman–Crippen LogP) is 1.47. The highest BCUT2D eigenvalue weighted by Crippen LogP contribution is 2.31. The zero-order valence-electron chi connectivity index (χ0n) is 9.83. The summed E-state index contributed by atoms with van der Waals surface area (Å²) in [6.45, 7) is 6.23. The van der Waals surface area contributed by atoms with Crippen LogP contribution in [0.15, 0.2) is 0 Å². The maximum Gasteiger partial charge on any atom is 0.309 e. The van der Waals surface area contributed by atoms with Crippen LogP contribution in [0.2, 0.25) is 0 Å². The third-order valence-corrected chi connectivity index (χ3v) is 2.85. The van der Waals surface area contributed by atoms with Gasteiger partial charge >= 0.3 is 5.97 Å². The normalized spacial score (nSPS) is 12.6. The van der Waals surface area contributed by atoms with Gasteiger partial charge in [0.2, 0.25) is 0 Å². The minimum atomic E-state index is -0.866. The standard InChI is InChI=1S/C11H20O4/c1-10(2,8(13)7-12)5-6-11(3,4)9(14)15/h12H,5-7H2,1-4H3,(H,14,15). The van der Waals surface area contributed by atoms with E-state index >= 15 is 0 Å². The van der Waals surface area contributed by atoms with E-state index in [1.165, 1.54) is 0 Å². The quantitative estimate of drug-likeness (QED) is 0.705. The van der Waals surface area contributed by atoms with Gasteiger partial charge in [0.1, 0.15) is 6.61 Å². The van der Waals surface area contributed by atoms with Gasteiger partial charge in [-0.05, 0) is 26.7 Å². The summed E-state index contributed by atoms with van der Waals surface area (Å²) in [6.07, 6.45) is 0.882. The maximum atomic E-state index is 11.3. The zero-order chi connectivity index (χ0) is 12.3. The molecule has 0 fully saturated rings. The fourth-order valence-corrected chi connectivity index (χ4v) is 1.09. The Labute approximate surface area is 90.3 Å². The van der Waals surface area contributed by atoms with Gasteiger partial charge in [-0.1, -0.05) is 13.8 Å². The van der Waals surface area contributed by atoms with E-state index in [0.29, 0.717) is 12.8 Å². The van der Waals surface area contributed by atoms with Gasteiger partial charge < -0.3 is 10.2 Å². The predicted molar refractivity (Wildman–Crippen MR) is 56.5 cm³/mol. The molecule has 0 rings (SSSR count). The van der Waals surface area contributed by atoms with Crippen molar-refractivity contribution in [2.24, 2.45) is 10.8 Å². The van der Waals surface area contributed by atoms with E-state index in [4.69, 9.17) is 10.2 Å². The maximum absolute atomic E-state index is 11.3. The lowest BCUT2D eigenvalue weighted by Crippen LogP contribution is -2.31. The average molecular weight is 216 g/mol. The van der Waals surface area contributed by atoms with Gasteiger partial charge in [0.25, 0.3) is 0 Å². The summed E-state index contributed by atoms with van der Waals surface area (Å²) < 4.78 is 0. The van der Waals surface area contributed by atoms with Gasteiger partial charge in [-0.2, -0.15) is 0 Å². The largest absolute Gasteiger partial charge is 0.481 e. The Morgan fingerprint density at radius 3 is 1.73 bits per heavy atom. The summed E-state index contributed by atoms with van der Waals surface area (Å²) in [5, 5.41) is 17.6. The highest BCUT2D eigenvalue weighted by atomic mass is 16.4. The molecule has 0 saturated carbocycles. The first kappa shape index (κ1) is 14.1. The number of hydrogen-bond donors (Lipinski definition) is 2. The number of carbonyl (C=O) groups is 2. The molecule has 4 heteroatoms. The van der Waals surface area contributed by atoms with Gasteiger partial charge in [-0.25, -0.2) is 0 Å². The first-order valence-corrected chi connectivity index (χ1v) is 5.01. The third kappa shape index (κ3) is 4.00. The molecular weight excluding hydrogens is 196 g/mol. The monoisotopic (exact) mass is 216 g/mol. The molecule has 4 nitrogen and oxygen atoms in total. The smallest absolute Gasteiger partial charge is 0.309 e. The number of carbonyl (C=O) groups excluding carboxylic acids is 1. The molecule has 0 aromatic rings. The molecule has 0 spiro atoms. The van der Waals surface area contributed by atoms with E-state index in [1.807, 2.05) is 0 Å². The minimum Gasteiger partial charge on any atom is -0.481 e. The molecule has 0 aromatic heterocycles. The molecular formula is C11H20O4. The molecule has 0 saturated heterocycles. The van der Waals surface area contributed by atoms with E-state index in [1.54, 1.807) is 27.7 Å². The van der Waals surface area contributed by atoms with Crippen LogP contribution in [0.1, 0.15) is 40.5 Å². The fraction of sp³-hybridized carbons (Fsp3) is 0.818. The van der Waals surface area contributed by atoms with E-state index in [0.717, 1.165) is 0 Å². The number of ketones is 1. The molecule has 0 atom stereocenters. The van der Waals surface area contributed by atoms with Gasteiger partial charge in [-0.3, -0.25) is 9.59 Å². The second-order valence-corrected chi connectivity index (χ2v) is 5.15. The van der Waals surface area contributed by atoms with Crippen LogP contribution < -0.4 is 0 Å². The van der Waals surface area contributed by atoms with Crippen molar-refractivity contribution < 1.29 is 19.8 Å². The first-order chi connectivity index (χ1) is 6.63. The van der Waals surface area contributed by atoms with Crippen molar-refractivity contribution in [3.8, 4) is 0 Å². The number of carboxylic acid groups (broad SMARTS) is 1. The second kappa shape index (κ2) is 4.75. The molecule has 0 heterocycles. The number of rotatable bonds is 6. The van der Waals surface area contributed by atoms with E-state index in [9.17, 15) is 9.59 Å². The van der Waals surface area contributed by atoms with Crippen LogP contribution in [0.4, 0.5) is 0 Å². The lowest BCUT2D eigenvalue weighted by atomic mass is 9.77. The molecule has 0 aliphatic carbocycles. The van der Waals surface area contributed by atoms with Crippen molar-refractivity contribution >= 4 is 11.8 Å². The Morgan fingerprint density at radius 2 is 1.40 bits per heavy atom. The lowest BCUT2D eigenvalue weighted by Gasteiger charge is -2.27. The van der Waals surface area contributed by atoms with Crippen molar-refractivity contribution in [3.05, 3.63) is 0 Å². The molecule has 0 amide bonds. The van der Waals surface area contributed by atoms with Crippen LogP contribution in [0.3, 0.4) is 0 Å². The molecule has 0 aliphatic rings. The zero-order valence-corrected chi connectivity index (χ0v) is 9.83. The molecule has 0 unspecified atom stereocenters. The average Bonchev–Trinajstić information content (AvgIpc) is 2.13. The number of aliphatic hydroxyl groups excluding tert-OH is 1. The Bertz CT molecular complexity index is 253. The van der Waals surface area contributed by atoms with E-state index in [-0.39, 0.29) is 5.78 Å². The Hall–Kier alpha value is -0.900. The van der Waals surface area contributed by atoms with Crippen LogP contribution in [-0.4, -0.2) is 28.6 Å². The fourth-order valence-electron chi connectivity index (χ4n) is 1.09. The van der Waals surface area contributed by atoms with Crippen molar-refractivity contribution in [2.75, 3.05) is 6.61 Å². The number of aliphatic carboxylic acids is 1. The Balaban J connectivity index is 4.39. The number of Topliss-reactive ketones (excluding diaryl/α,β-unsaturated/α-hetero) is 1. The SMILES string of the molecule is CC(C)(CCC(C)(C)C(=O)CO)C(=O)O. The number of hydrogen-bond acceptors (Lipinski definition) is 3. The Morgan fingerprint density at radius 1 is 1.00 bits per heavy atom. The molecule has 0 aliphatic heterocycles. The first-order valence-electron chi connectivity index (χ1n) is 5.01. The lowest BCUT2D eigenvalue weighted by molar-refractivity contribution is -0.148. The summed E-state index contributed by atoms with van der Waals surface area (Å²) in [4.78, 5) is 22.2. The molecule has 0 radical (unpaired) electrons. The molecule has 88 valence electrons. The number of carboxylic acids is 1. The van der Waals surface area contributed by atoms with E-state index < -0.39 is 23.4 Å². The van der Waals surface area contributed by atoms with Crippen LogP contribution in [-0.2, 0) is 9.59 Å². The highest BCUT2D eigenvalue weighted by molar-refractivity contribution is 5.85. The Kier molecular flexibility index (Phi) is 4.46. The summed E-state index contributed by atoms with van der Waals surface area (Å²) in [7, 11) is 0. The third-order valence-electron chi connectivity index (χ3n) is 2.85. The van der Waals surface area contributed by atoms with Gasteiger partial charge in [0.05, 0.1) is 5.41 Å². The van der Waals surface area contributed by atoms with Gasteiger partial charge in [0.15, 0.2) is 5.78 Å². The molecule has 15 heavy (non-hydrogen) atoms. The van der Waals surface area contributed by atoms with Crippen molar-refractivity contribution in [1.29, 1.82) is 0 Å². The second-order valence-electron chi connectivity index (χ2n) is 5.15. The molecule has 0 bridgehead atoms. The minimum absolute atomic E-state index is 0.247. The summed E-state index contributed by atoms with van der Waals surface area (Å²) >= 11 is 0. The van der Waals surface area contributed by atoms with Crippen LogP contribution in [0, 0.1) is 10.8 Å². The van der Waals surface area contributed by atoms with E-state index in [2.05, 4.69) is 0 Å². The van der Waals surface area contributed by atoms with Gasteiger partial charge in [-0.15, -0.1) is 0 Å². The van der Waals surface area contributed by atoms with Gasteiger partial charge in [0, 0.05) is 5.41 Å². The summed E-state index contributed by atoms with van der Waals surface area (Å²) in [5.41, 5.74) is -1.48. The topological polar surface area (TPSA) is 74.6 Å². The summed E-state index contributed by atoms with van der Waals surface area (Å²) in [6, 6.07) is 0. The summed E-state index contributed by atoms with van der Waals surface area (Å²) in [5.74, 6) is -1.11. The molecule has 2 N–H and O–H groups in total.